The first kappa shape index (κ1) is 19.4. The van der Waals surface area contributed by atoms with Crippen LogP contribution in [0.15, 0.2) is 41.3 Å². The molecule has 0 bridgehead atoms. The van der Waals surface area contributed by atoms with Gasteiger partial charge in [0.2, 0.25) is 0 Å². The molecule has 2 aromatic carbocycles. The van der Waals surface area contributed by atoms with Gasteiger partial charge in [-0.1, -0.05) is 37.1 Å². The van der Waals surface area contributed by atoms with E-state index in [1.54, 1.807) is 6.92 Å². The summed E-state index contributed by atoms with van der Waals surface area (Å²) >= 11 is 0. The largest absolute Gasteiger partial charge is 0.344 e. The average molecular weight is 399 g/mol. The van der Waals surface area contributed by atoms with E-state index < -0.39 is 54.2 Å². The van der Waals surface area contributed by atoms with E-state index in [2.05, 4.69) is 5.32 Å². The average Bonchev–Trinajstić information content (AvgIpc) is 2.46. The molecule has 0 saturated heterocycles. The molecular formula is C13H10F5N3O4S. The van der Waals surface area contributed by atoms with Crippen LogP contribution in [0.2, 0.25) is 0 Å². The Hall–Kier alpha value is -2.96. The van der Waals surface area contributed by atoms with Crippen molar-refractivity contribution in [3.05, 3.63) is 62.2 Å². The van der Waals surface area contributed by atoms with Crippen LogP contribution in [0.4, 0.5) is 42.2 Å². The standard InChI is InChI=1S/C13H10F5N3O4S/c1-8-2-4-9(5-3-8)19-13-11(20(22)23)6-10(7-12(13)21(24)25)26(14,15,16,17)18/h2-7,19H,1H3. The lowest BCUT2D eigenvalue weighted by molar-refractivity contribution is -0.392. The number of hydrogen-bond acceptors (Lipinski definition) is 5. The third-order valence-corrected chi connectivity index (χ3v) is 4.36. The third-order valence-electron chi connectivity index (χ3n) is 3.23. The number of hydrogen-bond donors (Lipinski definition) is 1. The highest BCUT2D eigenvalue weighted by molar-refractivity contribution is 8.45. The summed E-state index contributed by atoms with van der Waals surface area (Å²) in [5, 5.41) is 24.4. The maximum Gasteiger partial charge on any atom is 0.310 e. The van der Waals surface area contributed by atoms with E-state index in [0.717, 1.165) is 5.56 Å². The van der Waals surface area contributed by atoms with Crippen LogP contribution in [0.5, 0.6) is 0 Å². The summed E-state index contributed by atoms with van der Waals surface area (Å²) in [5.74, 6) is 0. The molecule has 0 radical (unpaired) electrons. The van der Waals surface area contributed by atoms with Crippen LogP contribution in [0, 0.1) is 27.2 Å². The molecule has 0 aliphatic rings. The molecule has 0 aromatic heterocycles. The number of nitro groups is 2. The fraction of sp³-hybridized carbons (Fsp3) is 0.0769. The molecule has 2 aromatic rings. The monoisotopic (exact) mass is 399 g/mol. The van der Waals surface area contributed by atoms with Gasteiger partial charge in [-0.25, -0.2) is 0 Å². The van der Waals surface area contributed by atoms with Gasteiger partial charge in [-0.05, 0) is 19.1 Å². The number of aryl methyl sites for hydroxylation is 1. The Morgan fingerprint density at radius 1 is 0.885 bits per heavy atom. The van der Waals surface area contributed by atoms with E-state index in [1.807, 2.05) is 0 Å². The fourth-order valence-corrected chi connectivity index (χ4v) is 2.68. The van der Waals surface area contributed by atoms with Crippen molar-refractivity contribution in [1.29, 1.82) is 0 Å². The lowest BCUT2D eigenvalue weighted by Crippen LogP contribution is -2.09. The molecule has 2 rings (SSSR count). The first-order valence-electron chi connectivity index (χ1n) is 6.63. The first-order chi connectivity index (χ1) is 11.6. The molecule has 1 N–H and O–H groups in total. The van der Waals surface area contributed by atoms with Crippen LogP contribution in [0.1, 0.15) is 5.56 Å². The maximum atomic E-state index is 13.0. The van der Waals surface area contributed by atoms with E-state index in [4.69, 9.17) is 0 Å². The molecule has 0 fully saturated rings. The molecule has 13 heteroatoms. The van der Waals surface area contributed by atoms with Gasteiger partial charge in [0.05, 0.1) is 9.85 Å². The molecule has 0 unspecified atom stereocenters. The third kappa shape index (κ3) is 4.17. The van der Waals surface area contributed by atoms with Gasteiger partial charge >= 0.3 is 21.6 Å². The predicted octanol–water partition coefficient (Wildman–Crippen LogP) is 6.21. The molecule has 26 heavy (non-hydrogen) atoms. The van der Waals surface area contributed by atoms with Gasteiger partial charge in [0.15, 0.2) is 5.69 Å². The van der Waals surface area contributed by atoms with Gasteiger partial charge < -0.3 is 5.32 Å². The zero-order chi connectivity index (χ0) is 20.0. The quantitative estimate of drug-likeness (QED) is 0.366. The normalized spacial score (nSPS) is 14.2. The Morgan fingerprint density at radius 3 is 1.65 bits per heavy atom. The van der Waals surface area contributed by atoms with Crippen molar-refractivity contribution in [3.8, 4) is 0 Å². The summed E-state index contributed by atoms with van der Waals surface area (Å²) < 4.78 is 64.9. The van der Waals surface area contributed by atoms with Gasteiger partial charge in [0.25, 0.3) is 0 Å². The SMILES string of the molecule is Cc1ccc(Nc2c([N+](=O)[O-])cc(S(F)(F)(F)(F)F)cc2[N+](=O)[O-])cc1. The molecule has 0 aliphatic heterocycles. The van der Waals surface area contributed by atoms with Crippen LogP contribution in [-0.2, 0) is 0 Å². The predicted molar refractivity (Wildman–Crippen MR) is 85.6 cm³/mol. The van der Waals surface area contributed by atoms with Crippen LogP contribution in [0.25, 0.3) is 0 Å². The summed E-state index contributed by atoms with van der Waals surface area (Å²) in [6.07, 6.45) is 0. The van der Waals surface area contributed by atoms with E-state index in [0.29, 0.717) is 0 Å². The smallest absolute Gasteiger partial charge is 0.310 e. The number of nitrogens with one attached hydrogen (secondary N) is 1. The second-order valence-corrected chi connectivity index (χ2v) is 7.72. The lowest BCUT2D eigenvalue weighted by atomic mass is 10.2. The fourth-order valence-electron chi connectivity index (χ4n) is 2.01. The van der Waals surface area contributed by atoms with Gasteiger partial charge in [-0.15, -0.1) is 0 Å². The molecule has 142 valence electrons. The topological polar surface area (TPSA) is 98.3 Å². The minimum atomic E-state index is -10.4. The molecule has 0 atom stereocenters. The van der Waals surface area contributed by atoms with Crippen molar-refractivity contribution >= 4 is 33.0 Å². The van der Waals surface area contributed by atoms with Crippen LogP contribution in [0.3, 0.4) is 0 Å². The van der Waals surface area contributed by atoms with Crippen molar-refractivity contribution in [2.75, 3.05) is 5.32 Å². The highest BCUT2D eigenvalue weighted by Gasteiger charge is 2.66. The maximum absolute atomic E-state index is 13.0. The molecule has 0 heterocycles. The van der Waals surface area contributed by atoms with Gasteiger partial charge in [-0.3, -0.25) is 20.2 Å². The number of anilines is 2. The van der Waals surface area contributed by atoms with Crippen molar-refractivity contribution in [3.63, 3.8) is 0 Å². The summed E-state index contributed by atoms with van der Waals surface area (Å²) in [6.45, 7) is 1.71. The van der Waals surface area contributed by atoms with E-state index in [-0.39, 0.29) is 5.69 Å². The van der Waals surface area contributed by atoms with Gasteiger partial charge in [0.1, 0.15) is 4.90 Å². The van der Waals surface area contributed by atoms with Crippen LogP contribution >= 0.6 is 10.2 Å². The Balaban J connectivity index is 2.77. The number of nitrogens with zero attached hydrogens (tertiary/aromatic N) is 2. The summed E-state index contributed by atoms with van der Waals surface area (Å²) in [6, 6.07) is 4.96. The summed E-state index contributed by atoms with van der Waals surface area (Å²) in [7, 11) is -10.4. The van der Waals surface area contributed by atoms with E-state index >= 15 is 0 Å². The summed E-state index contributed by atoms with van der Waals surface area (Å²) in [4.78, 5) is 16.6. The lowest BCUT2D eigenvalue weighted by Gasteiger charge is -2.40. The van der Waals surface area contributed by atoms with Crippen molar-refractivity contribution in [1.82, 2.24) is 0 Å². The Labute approximate surface area is 142 Å². The minimum absolute atomic E-state index is 0.0851. The van der Waals surface area contributed by atoms with Crippen LogP contribution < -0.4 is 5.32 Å². The molecule has 0 spiro atoms. The first-order valence-corrected chi connectivity index (χ1v) is 8.58. The molecular weight excluding hydrogens is 389 g/mol. The van der Waals surface area contributed by atoms with Crippen LogP contribution in [-0.4, -0.2) is 9.85 Å². The molecule has 0 amide bonds. The van der Waals surface area contributed by atoms with Gasteiger partial charge in [0, 0.05) is 17.8 Å². The van der Waals surface area contributed by atoms with E-state index in [9.17, 15) is 39.7 Å². The molecule has 0 saturated carbocycles. The number of halogens is 5. The second kappa shape index (κ2) is 5.27. The minimum Gasteiger partial charge on any atom is -0.344 e. The van der Waals surface area contributed by atoms with Crippen molar-refractivity contribution in [2.45, 2.75) is 11.8 Å². The highest BCUT2D eigenvalue weighted by Crippen LogP contribution is 3.02. The van der Waals surface area contributed by atoms with Gasteiger partial charge in [-0.2, -0.15) is 0 Å². The van der Waals surface area contributed by atoms with Crippen molar-refractivity contribution < 1.29 is 29.3 Å². The Kier molecular flexibility index (Phi) is 3.92. The zero-order valence-electron chi connectivity index (χ0n) is 12.8. The summed E-state index contributed by atoms with van der Waals surface area (Å²) in [5.41, 5.74) is -3.07. The molecule has 0 aliphatic carbocycles. The number of benzene rings is 2. The Morgan fingerprint density at radius 2 is 1.31 bits per heavy atom. The highest BCUT2D eigenvalue weighted by atomic mass is 32.5. The number of rotatable bonds is 5. The number of nitro benzene ring substituents is 2. The van der Waals surface area contributed by atoms with Crippen molar-refractivity contribution in [2.24, 2.45) is 0 Å². The Bertz CT molecular complexity index is 881. The zero-order valence-corrected chi connectivity index (χ0v) is 13.6. The van der Waals surface area contributed by atoms with E-state index in [1.165, 1.54) is 24.3 Å². The second-order valence-electron chi connectivity index (χ2n) is 5.31. The molecule has 7 nitrogen and oxygen atoms in total.